The maximum atomic E-state index is 12.7. The number of phenols is 2. The summed E-state index contributed by atoms with van der Waals surface area (Å²) in [5.41, 5.74) is -1.16. The lowest BCUT2D eigenvalue weighted by Crippen LogP contribution is -2.64. The van der Waals surface area contributed by atoms with Crippen LogP contribution in [0.5, 0.6) is 17.2 Å². The predicted octanol–water partition coefficient (Wildman–Crippen LogP) is 5.39. The van der Waals surface area contributed by atoms with Crippen molar-refractivity contribution >= 4 is 12.6 Å². The molecule has 2 aromatic rings. The van der Waals surface area contributed by atoms with Crippen molar-refractivity contribution < 1.29 is 29.6 Å². The molecule has 0 aromatic heterocycles. The summed E-state index contributed by atoms with van der Waals surface area (Å²) < 4.78 is 6.48. The first-order chi connectivity index (χ1) is 17.1. The lowest BCUT2D eigenvalue weighted by atomic mass is 9.53. The molecular weight excluding hydrogens is 456 g/mol. The van der Waals surface area contributed by atoms with Crippen molar-refractivity contribution in [2.45, 2.75) is 64.1 Å². The lowest BCUT2D eigenvalue weighted by molar-refractivity contribution is -0.146. The van der Waals surface area contributed by atoms with Crippen LogP contribution in [0.15, 0.2) is 42.0 Å². The quantitative estimate of drug-likeness (QED) is 0.392. The van der Waals surface area contributed by atoms with E-state index in [0.29, 0.717) is 36.7 Å². The van der Waals surface area contributed by atoms with Gasteiger partial charge >= 0.3 is 0 Å². The van der Waals surface area contributed by atoms with Gasteiger partial charge in [0, 0.05) is 11.5 Å². The Balaban J connectivity index is 1.85. The van der Waals surface area contributed by atoms with Crippen LogP contribution in [0.1, 0.15) is 84.7 Å². The fourth-order valence-electron chi connectivity index (χ4n) is 7.07. The number of carbonyl (C=O) groups is 2. The van der Waals surface area contributed by atoms with E-state index in [0.717, 1.165) is 18.4 Å². The first-order valence-electron chi connectivity index (χ1n) is 12.8. The number of rotatable bonds is 4. The smallest absolute Gasteiger partial charge is 0.157 e. The van der Waals surface area contributed by atoms with Gasteiger partial charge in [-0.3, -0.25) is 9.59 Å². The van der Waals surface area contributed by atoms with Gasteiger partial charge < -0.3 is 20.1 Å². The zero-order valence-corrected chi connectivity index (χ0v) is 21.2. The number of benzene rings is 2. The van der Waals surface area contributed by atoms with Crippen LogP contribution in [-0.2, 0) is 0 Å². The minimum absolute atomic E-state index is 0.00637. The molecule has 2 aromatic carbocycles. The summed E-state index contributed by atoms with van der Waals surface area (Å²) in [6, 6.07) is 9.31. The molecule has 5 rings (SSSR count). The molecule has 1 fully saturated rings. The van der Waals surface area contributed by atoms with Crippen molar-refractivity contribution in [3.05, 3.63) is 64.2 Å². The normalized spacial score (nSPS) is 33.0. The molecule has 1 heterocycles. The monoisotopic (exact) mass is 490 g/mol. The number of ether oxygens (including phenoxy) is 1. The summed E-state index contributed by atoms with van der Waals surface area (Å²) in [6.45, 7) is 8.48. The average molecular weight is 491 g/mol. The molecule has 6 heteroatoms. The van der Waals surface area contributed by atoms with Crippen LogP contribution in [0.2, 0.25) is 0 Å². The highest BCUT2D eigenvalue weighted by Crippen LogP contribution is 2.63. The van der Waals surface area contributed by atoms with Gasteiger partial charge in [0.15, 0.2) is 18.2 Å². The second-order valence-corrected chi connectivity index (χ2v) is 11.3. The largest absolute Gasteiger partial charge is 0.507 e. The second kappa shape index (κ2) is 8.48. The Morgan fingerprint density at radius 1 is 1.03 bits per heavy atom. The van der Waals surface area contributed by atoms with E-state index in [1.54, 1.807) is 0 Å². The minimum atomic E-state index is -1.49. The van der Waals surface area contributed by atoms with Gasteiger partial charge in [0.1, 0.15) is 22.8 Å². The van der Waals surface area contributed by atoms with E-state index in [9.17, 15) is 24.9 Å². The second-order valence-electron chi connectivity index (χ2n) is 11.3. The lowest BCUT2D eigenvalue weighted by Gasteiger charge is -2.58. The zero-order valence-electron chi connectivity index (χ0n) is 21.2. The van der Waals surface area contributed by atoms with Crippen molar-refractivity contribution in [2.75, 3.05) is 0 Å². The number of aldehydes is 2. The van der Waals surface area contributed by atoms with E-state index >= 15 is 0 Å². The number of fused-ring (bicyclic) bond motifs is 3. The van der Waals surface area contributed by atoms with Crippen molar-refractivity contribution in [3.63, 3.8) is 0 Å². The number of aromatic hydroxyl groups is 2. The molecule has 0 bridgehead atoms. The molecule has 0 spiro atoms. The number of carbonyl (C=O) groups excluding carboxylic acids is 2. The molecule has 0 radical (unpaired) electrons. The molecule has 0 unspecified atom stereocenters. The Bertz CT molecular complexity index is 1250. The molecule has 6 atom stereocenters. The van der Waals surface area contributed by atoms with Gasteiger partial charge in [-0.25, -0.2) is 0 Å². The molecule has 6 nitrogen and oxygen atoms in total. The number of phenolic OH excluding ortho intramolecular Hbond substituents is 2. The topological polar surface area (TPSA) is 104 Å². The Morgan fingerprint density at radius 2 is 1.69 bits per heavy atom. The van der Waals surface area contributed by atoms with Crippen LogP contribution in [0.4, 0.5) is 0 Å². The van der Waals surface area contributed by atoms with Gasteiger partial charge in [-0.15, -0.1) is 0 Å². The van der Waals surface area contributed by atoms with E-state index in [-0.39, 0.29) is 28.4 Å². The van der Waals surface area contributed by atoms with Crippen LogP contribution < -0.4 is 4.74 Å². The summed E-state index contributed by atoms with van der Waals surface area (Å²) >= 11 is 0. The Hall–Kier alpha value is -3.12. The van der Waals surface area contributed by atoms with Crippen molar-refractivity contribution in [1.82, 2.24) is 0 Å². The summed E-state index contributed by atoms with van der Waals surface area (Å²) in [6.07, 6.45) is 5.36. The number of hydrogen-bond donors (Lipinski definition) is 3. The Labute approximate surface area is 211 Å². The van der Waals surface area contributed by atoms with Gasteiger partial charge in [0.05, 0.1) is 11.1 Å². The van der Waals surface area contributed by atoms with Crippen LogP contribution in [0, 0.1) is 23.7 Å². The fraction of sp³-hybridized carbons (Fsp3) is 0.467. The molecule has 2 aliphatic carbocycles. The molecule has 3 aliphatic rings. The third-order valence-electron chi connectivity index (χ3n) is 9.07. The van der Waals surface area contributed by atoms with Crippen LogP contribution in [0.3, 0.4) is 0 Å². The first kappa shape index (κ1) is 24.6. The van der Waals surface area contributed by atoms with E-state index in [4.69, 9.17) is 4.74 Å². The molecule has 0 amide bonds. The van der Waals surface area contributed by atoms with Crippen LogP contribution >= 0.6 is 0 Å². The Kier molecular flexibility index (Phi) is 5.79. The number of allylic oxidation sites excluding steroid dienone is 1. The third-order valence-corrected chi connectivity index (χ3v) is 9.07. The SMILES string of the molecule is CC(C)[C@@H]1CC[C@@H](C)[C@H]2C[C@@]3(O)[C@H](c4ccccc4)c4c(O)c(C=O)c(O)c(C=O)c4O[C@]3(C)C=C12. The van der Waals surface area contributed by atoms with Gasteiger partial charge in [0.2, 0.25) is 0 Å². The third kappa shape index (κ3) is 3.27. The number of hydrogen-bond acceptors (Lipinski definition) is 6. The van der Waals surface area contributed by atoms with E-state index in [1.165, 1.54) is 5.57 Å². The molecule has 1 saturated carbocycles. The van der Waals surface area contributed by atoms with E-state index in [1.807, 2.05) is 37.3 Å². The molecule has 190 valence electrons. The molecule has 1 aliphatic heterocycles. The molecule has 36 heavy (non-hydrogen) atoms. The standard InChI is InChI=1S/C30H34O6/c1-16(2)19-11-10-17(3)20-13-30(35)25(18-8-6-5-7-9-18)24-27(34)22(14-31)26(33)23(15-32)28(24)36-29(30,4)12-21(19)20/h5-9,12,14-17,19-20,25,33-35H,10-11,13H2,1-4H3/t17-,19+,20-,25-,29-,30-/m1/s1. The van der Waals surface area contributed by atoms with Crippen LogP contribution in [-0.4, -0.2) is 39.1 Å². The maximum Gasteiger partial charge on any atom is 0.157 e. The van der Waals surface area contributed by atoms with Gasteiger partial charge in [-0.1, -0.05) is 56.7 Å². The van der Waals surface area contributed by atoms with E-state index in [2.05, 4.69) is 26.8 Å². The average Bonchev–Trinajstić information content (AvgIpc) is 2.83. The van der Waals surface area contributed by atoms with Crippen LogP contribution in [0.25, 0.3) is 0 Å². The van der Waals surface area contributed by atoms with E-state index < -0.39 is 28.6 Å². The molecule has 3 N–H and O–H groups in total. The summed E-state index contributed by atoms with van der Waals surface area (Å²) in [7, 11) is 0. The number of aliphatic hydroxyl groups is 1. The Morgan fingerprint density at radius 3 is 2.31 bits per heavy atom. The molecule has 0 saturated heterocycles. The summed E-state index contributed by atoms with van der Waals surface area (Å²) in [5, 5.41) is 34.6. The minimum Gasteiger partial charge on any atom is -0.507 e. The van der Waals surface area contributed by atoms with Gasteiger partial charge in [0.25, 0.3) is 0 Å². The van der Waals surface area contributed by atoms with Crippen molar-refractivity contribution in [3.8, 4) is 17.2 Å². The highest BCUT2D eigenvalue weighted by atomic mass is 16.5. The van der Waals surface area contributed by atoms with Crippen molar-refractivity contribution in [1.29, 1.82) is 0 Å². The highest BCUT2D eigenvalue weighted by Gasteiger charge is 2.63. The molecular formula is C30H34O6. The zero-order chi connectivity index (χ0) is 26.0. The first-order valence-corrected chi connectivity index (χ1v) is 12.8. The maximum absolute atomic E-state index is 12.7. The highest BCUT2D eigenvalue weighted by molar-refractivity contribution is 5.95. The summed E-state index contributed by atoms with van der Waals surface area (Å²) in [4.78, 5) is 24.0. The van der Waals surface area contributed by atoms with Crippen molar-refractivity contribution in [2.24, 2.45) is 23.7 Å². The summed E-state index contributed by atoms with van der Waals surface area (Å²) in [5.74, 6) is -0.600. The van der Waals surface area contributed by atoms with Gasteiger partial charge in [-0.05, 0) is 61.5 Å². The van der Waals surface area contributed by atoms with Gasteiger partial charge in [-0.2, -0.15) is 0 Å². The predicted molar refractivity (Wildman–Crippen MR) is 136 cm³/mol. The fourth-order valence-corrected chi connectivity index (χ4v) is 7.07.